The molecule has 0 saturated carbocycles. The van der Waals surface area contributed by atoms with Crippen LogP contribution in [0.15, 0.2) is 48.5 Å². The number of carbonyl (C=O) groups is 3. The van der Waals surface area contributed by atoms with E-state index in [0.717, 1.165) is 5.56 Å². The highest BCUT2D eigenvalue weighted by Crippen LogP contribution is 2.15. The molecule has 0 bridgehead atoms. The second-order valence-corrected chi connectivity index (χ2v) is 8.31. The van der Waals surface area contributed by atoms with Crippen molar-refractivity contribution in [2.24, 2.45) is 0 Å². The van der Waals surface area contributed by atoms with Gasteiger partial charge in [-0.1, -0.05) is 23.7 Å². The first-order valence-electron chi connectivity index (χ1n) is 9.54. The number of carbonyl (C=O) groups excluding carboxylic acids is 3. The van der Waals surface area contributed by atoms with Gasteiger partial charge in [-0.15, -0.1) is 0 Å². The molecule has 30 heavy (non-hydrogen) atoms. The highest BCUT2D eigenvalue weighted by atomic mass is 35.5. The van der Waals surface area contributed by atoms with Crippen molar-refractivity contribution in [1.29, 1.82) is 0 Å². The Balaban J connectivity index is 1.95. The fraction of sp³-hybridized carbons (Fsp3) is 0.348. The molecule has 1 N–H and O–H groups in total. The lowest BCUT2D eigenvalue weighted by Gasteiger charge is -2.19. The molecule has 0 heterocycles. The van der Waals surface area contributed by atoms with Crippen LogP contribution in [0.5, 0.6) is 5.75 Å². The largest absolute Gasteiger partial charge is 0.482 e. The van der Waals surface area contributed by atoms with E-state index in [2.05, 4.69) is 5.32 Å². The van der Waals surface area contributed by atoms with Crippen LogP contribution in [0.1, 0.15) is 43.6 Å². The van der Waals surface area contributed by atoms with E-state index < -0.39 is 17.6 Å². The van der Waals surface area contributed by atoms with E-state index in [1.165, 1.54) is 6.92 Å². The Kier molecular flexibility index (Phi) is 8.00. The lowest BCUT2D eigenvalue weighted by Crippen LogP contribution is -2.41. The molecule has 0 aliphatic carbocycles. The number of hydrogen-bond acceptors (Lipinski definition) is 5. The van der Waals surface area contributed by atoms with Gasteiger partial charge in [0.05, 0.1) is 6.04 Å². The molecular formula is C23H26ClNO5. The molecule has 0 radical (unpaired) electrons. The molecule has 160 valence electrons. The van der Waals surface area contributed by atoms with Crippen LogP contribution in [0.2, 0.25) is 5.02 Å². The summed E-state index contributed by atoms with van der Waals surface area (Å²) in [6, 6.07) is 12.8. The third-order valence-electron chi connectivity index (χ3n) is 4.02. The van der Waals surface area contributed by atoms with Crippen LogP contribution in [0.3, 0.4) is 0 Å². The first-order chi connectivity index (χ1) is 14.0. The maximum atomic E-state index is 12.5. The summed E-state index contributed by atoms with van der Waals surface area (Å²) in [7, 11) is 0. The maximum absolute atomic E-state index is 12.5. The van der Waals surface area contributed by atoms with Gasteiger partial charge in [-0.05, 0) is 76.1 Å². The number of esters is 1. The van der Waals surface area contributed by atoms with Gasteiger partial charge in [0.15, 0.2) is 12.4 Å². The number of rotatable bonds is 8. The van der Waals surface area contributed by atoms with E-state index in [9.17, 15) is 14.4 Å². The number of halogens is 1. The number of ketones is 1. The Morgan fingerprint density at radius 3 is 2.30 bits per heavy atom. The van der Waals surface area contributed by atoms with Gasteiger partial charge in [-0.25, -0.2) is 4.79 Å². The second kappa shape index (κ2) is 10.3. The van der Waals surface area contributed by atoms with Crippen LogP contribution >= 0.6 is 11.6 Å². The topological polar surface area (TPSA) is 81.7 Å². The van der Waals surface area contributed by atoms with Crippen molar-refractivity contribution < 1.29 is 23.9 Å². The van der Waals surface area contributed by atoms with E-state index in [0.29, 0.717) is 22.8 Å². The third kappa shape index (κ3) is 7.87. The number of Topliss-reactive ketones (excluding diaryl/α,β-unsaturated/α-hetero) is 1. The molecule has 0 saturated heterocycles. The SMILES string of the molecule is CC(=O)[C@H](Cc1cccc(Cl)c1)NC(=O)c1ccc(OCC(=O)OC(C)(C)C)cc1. The van der Waals surface area contributed by atoms with E-state index in [4.69, 9.17) is 21.1 Å². The molecule has 1 amide bonds. The number of amides is 1. The van der Waals surface area contributed by atoms with E-state index >= 15 is 0 Å². The molecule has 0 aliphatic heterocycles. The van der Waals surface area contributed by atoms with Crippen molar-refractivity contribution in [2.45, 2.75) is 45.8 Å². The zero-order chi connectivity index (χ0) is 22.3. The van der Waals surface area contributed by atoms with Gasteiger partial charge in [-0.2, -0.15) is 0 Å². The summed E-state index contributed by atoms with van der Waals surface area (Å²) in [5, 5.41) is 3.32. The van der Waals surface area contributed by atoms with Crippen LogP contribution in [0.25, 0.3) is 0 Å². The van der Waals surface area contributed by atoms with Gasteiger partial charge in [0.1, 0.15) is 11.4 Å². The van der Waals surface area contributed by atoms with Gasteiger partial charge in [0.2, 0.25) is 0 Å². The number of nitrogens with one attached hydrogen (secondary N) is 1. The predicted molar refractivity (Wildman–Crippen MR) is 115 cm³/mol. The van der Waals surface area contributed by atoms with Crippen molar-refractivity contribution in [3.63, 3.8) is 0 Å². The minimum absolute atomic E-state index is 0.152. The molecule has 7 heteroatoms. The standard InChI is InChI=1S/C23H26ClNO5/c1-15(26)20(13-16-6-5-7-18(24)12-16)25-22(28)17-8-10-19(11-9-17)29-14-21(27)30-23(2,3)4/h5-12,20H,13-14H2,1-4H3,(H,25,28)/t20-/m0/s1. The Labute approximate surface area is 181 Å². The molecule has 0 unspecified atom stereocenters. The lowest BCUT2D eigenvalue weighted by molar-refractivity contribution is -0.157. The normalized spacial score (nSPS) is 12.0. The summed E-state index contributed by atoms with van der Waals surface area (Å²) in [5.74, 6) is -0.578. The third-order valence-corrected chi connectivity index (χ3v) is 4.25. The zero-order valence-corrected chi connectivity index (χ0v) is 18.3. The van der Waals surface area contributed by atoms with Gasteiger partial charge in [0, 0.05) is 10.6 Å². The minimum Gasteiger partial charge on any atom is -0.482 e. The summed E-state index contributed by atoms with van der Waals surface area (Å²) in [5.41, 5.74) is 0.645. The summed E-state index contributed by atoms with van der Waals surface area (Å²) < 4.78 is 10.6. The molecule has 0 spiro atoms. The Morgan fingerprint density at radius 2 is 1.73 bits per heavy atom. The van der Waals surface area contributed by atoms with Crippen LogP contribution in [0.4, 0.5) is 0 Å². The molecule has 2 aromatic rings. The first-order valence-corrected chi connectivity index (χ1v) is 9.92. The van der Waals surface area contributed by atoms with Crippen LogP contribution < -0.4 is 10.1 Å². The number of hydrogen-bond donors (Lipinski definition) is 1. The summed E-state index contributed by atoms with van der Waals surface area (Å²) >= 11 is 5.99. The average Bonchev–Trinajstić information content (AvgIpc) is 2.65. The lowest BCUT2D eigenvalue weighted by atomic mass is 10.0. The first kappa shape index (κ1) is 23.4. The summed E-state index contributed by atoms with van der Waals surface area (Å²) in [4.78, 5) is 36.2. The van der Waals surface area contributed by atoms with Gasteiger partial charge in [0.25, 0.3) is 5.91 Å². The Bertz CT molecular complexity index is 903. The van der Waals surface area contributed by atoms with Crippen molar-refractivity contribution in [1.82, 2.24) is 5.32 Å². The molecule has 2 aromatic carbocycles. The van der Waals surface area contributed by atoms with Crippen molar-refractivity contribution in [2.75, 3.05) is 6.61 Å². The monoisotopic (exact) mass is 431 g/mol. The summed E-state index contributed by atoms with van der Waals surface area (Å²) in [6.07, 6.45) is 0.346. The van der Waals surface area contributed by atoms with Crippen molar-refractivity contribution >= 4 is 29.3 Å². The van der Waals surface area contributed by atoms with Crippen molar-refractivity contribution in [3.8, 4) is 5.75 Å². The smallest absolute Gasteiger partial charge is 0.344 e. The molecule has 2 rings (SSSR count). The molecule has 6 nitrogen and oxygen atoms in total. The fourth-order valence-electron chi connectivity index (χ4n) is 2.65. The average molecular weight is 432 g/mol. The Hall–Kier alpha value is -2.86. The molecule has 0 aliphatic rings. The second-order valence-electron chi connectivity index (χ2n) is 7.87. The highest BCUT2D eigenvalue weighted by molar-refractivity contribution is 6.30. The molecule has 0 aromatic heterocycles. The van der Waals surface area contributed by atoms with Gasteiger partial charge >= 0.3 is 5.97 Å². The van der Waals surface area contributed by atoms with Crippen LogP contribution in [-0.2, 0) is 20.7 Å². The predicted octanol–water partition coefficient (Wildman–Crippen LogP) is 3.99. The van der Waals surface area contributed by atoms with Gasteiger partial charge < -0.3 is 14.8 Å². The minimum atomic E-state index is -0.668. The molecule has 0 fully saturated rings. The highest BCUT2D eigenvalue weighted by Gasteiger charge is 2.19. The maximum Gasteiger partial charge on any atom is 0.344 e. The van der Waals surface area contributed by atoms with E-state index in [1.54, 1.807) is 63.2 Å². The van der Waals surface area contributed by atoms with E-state index in [-0.39, 0.29) is 18.3 Å². The van der Waals surface area contributed by atoms with Crippen LogP contribution in [0, 0.1) is 0 Å². The fourth-order valence-corrected chi connectivity index (χ4v) is 2.87. The van der Waals surface area contributed by atoms with E-state index in [1.807, 2.05) is 6.07 Å². The zero-order valence-electron chi connectivity index (χ0n) is 17.5. The van der Waals surface area contributed by atoms with Gasteiger partial charge in [-0.3, -0.25) is 9.59 Å². The molecular weight excluding hydrogens is 406 g/mol. The quantitative estimate of drug-likeness (QED) is 0.639. The Morgan fingerprint density at radius 1 is 1.07 bits per heavy atom. The van der Waals surface area contributed by atoms with Crippen LogP contribution in [-0.4, -0.2) is 35.9 Å². The summed E-state index contributed by atoms with van der Waals surface area (Å²) in [6.45, 7) is 6.54. The number of benzene rings is 2. The van der Waals surface area contributed by atoms with Crippen molar-refractivity contribution in [3.05, 3.63) is 64.7 Å². The molecule has 1 atom stereocenters. The number of ether oxygens (including phenoxy) is 2.